The van der Waals surface area contributed by atoms with Crippen molar-refractivity contribution in [3.8, 4) is 5.75 Å². The van der Waals surface area contributed by atoms with Crippen molar-refractivity contribution in [2.75, 3.05) is 13.1 Å². The summed E-state index contributed by atoms with van der Waals surface area (Å²) < 4.78 is 11.4. The predicted octanol–water partition coefficient (Wildman–Crippen LogP) is 4.31. The number of esters is 1. The number of ether oxygens (including phenoxy) is 2. The van der Waals surface area contributed by atoms with E-state index in [0.29, 0.717) is 13.2 Å². The largest absolute Gasteiger partial charge is 0.489 e. The minimum Gasteiger partial charge on any atom is -0.489 e. The Kier molecular flexibility index (Phi) is 9.34. The molecular weight excluding hydrogens is 376 g/mol. The van der Waals surface area contributed by atoms with Gasteiger partial charge in [0.25, 0.3) is 0 Å². The maximum atomic E-state index is 12.4. The predicted molar refractivity (Wildman–Crippen MR) is 121 cm³/mol. The molecule has 1 atom stereocenters. The van der Waals surface area contributed by atoms with Gasteiger partial charge in [-0.3, -0.25) is 4.79 Å². The van der Waals surface area contributed by atoms with E-state index in [4.69, 9.17) is 9.47 Å². The van der Waals surface area contributed by atoms with Gasteiger partial charge in [0.05, 0.1) is 0 Å². The molecule has 164 valence electrons. The van der Waals surface area contributed by atoms with Crippen molar-refractivity contribution in [2.24, 2.45) is 5.92 Å². The summed E-state index contributed by atoms with van der Waals surface area (Å²) in [5.41, 5.74) is 1.84. The normalized spacial score (nSPS) is 12.6. The lowest BCUT2D eigenvalue weighted by molar-refractivity contribution is -0.158. The van der Waals surface area contributed by atoms with Crippen molar-refractivity contribution in [3.05, 3.63) is 65.7 Å². The lowest BCUT2D eigenvalue weighted by Gasteiger charge is -2.26. The molecule has 2 aromatic carbocycles. The SMILES string of the molecule is CC(C)C(NCCNCc1cccc(OCc2ccccc2)c1)C(=O)OC(C)(C)C. The van der Waals surface area contributed by atoms with Gasteiger partial charge in [-0.25, -0.2) is 0 Å². The molecule has 0 heterocycles. The van der Waals surface area contributed by atoms with E-state index in [1.807, 2.05) is 65.0 Å². The third kappa shape index (κ3) is 8.97. The van der Waals surface area contributed by atoms with Gasteiger partial charge < -0.3 is 20.1 Å². The molecule has 2 N–H and O–H groups in total. The fourth-order valence-electron chi connectivity index (χ4n) is 2.99. The topological polar surface area (TPSA) is 59.6 Å². The summed E-state index contributed by atoms with van der Waals surface area (Å²) in [7, 11) is 0. The van der Waals surface area contributed by atoms with Crippen LogP contribution in [0.4, 0.5) is 0 Å². The van der Waals surface area contributed by atoms with Gasteiger partial charge >= 0.3 is 5.97 Å². The first-order valence-corrected chi connectivity index (χ1v) is 10.7. The molecule has 0 spiro atoms. The first-order valence-electron chi connectivity index (χ1n) is 10.7. The molecule has 0 amide bonds. The highest BCUT2D eigenvalue weighted by Crippen LogP contribution is 2.15. The lowest BCUT2D eigenvalue weighted by atomic mass is 10.0. The van der Waals surface area contributed by atoms with Crippen molar-refractivity contribution in [2.45, 2.75) is 59.4 Å². The Morgan fingerprint density at radius 3 is 2.33 bits per heavy atom. The molecule has 2 rings (SSSR count). The number of carbonyl (C=O) groups excluding carboxylic acids is 1. The van der Waals surface area contributed by atoms with E-state index in [9.17, 15) is 4.79 Å². The van der Waals surface area contributed by atoms with Crippen LogP contribution in [0.2, 0.25) is 0 Å². The van der Waals surface area contributed by atoms with Gasteiger partial charge in [-0.05, 0) is 49.9 Å². The van der Waals surface area contributed by atoms with Crippen LogP contribution in [0.5, 0.6) is 5.75 Å². The van der Waals surface area contributed by atoms with Gasteiger partial charge in [0, 0.05) is 19.6 Å². The zero-order valence-corrected chi connectivity index (χ0v) is 18.9. The lowest BCUT2D eigenvalue weighted by Crippen LogP contribution is -2.46. The molecule has 5 heteroatoms. The molecule has 0 aliphatic rings. The first kappa shape index (κ1) is 23.9. The molecule has 0 aliphatic carbocycles. The summed E-state index contributed by atoms with van der Waals surface area (Å²) in [6.45, 7) is 12.5. The van der Waals surface area contributed by atoms with Crippen LogP contribution in [0.3, 0.4) is 0 Å². The molecule has 0 bridgehead atoms. The highest BCUT2D eigenvalue weighted by Gasteiger charge is 2.27. The highest BCUT2D eigenvalue weighted by atomic mass is 16.6. The monoisotopic (exact) mass is 412 g/mol. The van der Waals surface area contributed by atoms with Gasteiger partial charge in [0.1, 0.15) is 24.0 Å². The van der Waals surface area contributed by atoms with Crippen LogP contribution in [-0.2, 0) is 22.7 Å². The molecule has 0 saturated heterocycles. The summed E-state index contributed by atoms with van der Waals surface area (Å²) in [6.07, 6.45) is 0. The zero-order chi connectivity index (χ0) is 22.0. The second kappa shape index (κ2) is 11.7. The Morgan fingerprint density at radius 1 is 0.967 bits per heavy atom. The Balaban J connectivity index is 1.73. The third-order valence-corrected chi connectivity index (χ3v) is 4.47. The second-order valence-corrected chi connectivity index (χ2v) is 8.81. The van der Waals surface area contributed by atoms with Crippen molar-refractivity contribution in [1.82, 2.24) is 10.6 Å². The maximum Gasteiger partial charge on any atom is 0.323 e. The van der Waals surface area contributed by atoms with E-state index in [-0.39, 0.29) is 17.9 Å². The smallest absolute Gasteiger partial charge is 0.323 e. The average molecular weight is 413 g/mol. The first-order chi connectivity index (χ1) is 14.2. The van der Waals surface area contributed by atoms with Crippen LogP contribution < -0.4 is 15.4 Å². The number of hydrogen-bond donors (Lipinski definition) is 2. The molecule has 30 heavy (non-hydrogen) atoms. The van der Waals surface area contributed by atoms with Gasteiger partial charge in [-0.1, -0.05) is 56.3 Å². The Morgan fingerprint density at radius 2 is 1.67 bits per heavy atom. The maximum absolute atomic E-state index is 12.4. The van der Waals surface area contributed by atoms with E-state index in [1.165, 1.54) is 0 Å². The Labute approximate surface area is 181 Å². The Hall–Kier alpha value is -2.37. The van der Waals surface area contributed by atoms with Crippen LogP contribution in [0.25, 0.3) is 0 Å². The third-order valence-electron chi connectivity index (χ3n) is 4.47. The van der Waals surface area contributed by atoms with Gasteiger partial charge in [-0.2, -0.15) is 0 Å². The highest BCUT2D eigenvalue weighted by molar-refractivity contribution is 5.76. The number of carbonyl (C=O) groups is 1. The van der Waals surface area contributed by atoms with Crippen molar-refractivity contribution < 1.29 is 14.3 Å². The molecule has 0 aliphatic heterocycles. The van der Waals surface area contributed by atoms with E-state index in [2.05, 4.69) is 34.9 Å². The molecule has 5 nitrogen and oxygen atoms in total. The molecule has 0 aromatic heterocycles. The zero-order valence-electron chi connectivity index (χ0n) is 18.9. The van der Waals surface area contributed by atoms with Gasteiger partial charge in [-0.15, -0.1) is 0 Å². The van der Waals surface area contributed by atoms with Crippen LogP contribution in [-0.4, -0.2) is 30.7 Å². The van der Waals surface area contributed by atoms with E-state index in [1.54, 1.807) is 0 Å². The minimum absolute atomic E-state index is 0.165. The molecule has 0 fully saturated rings. The standard InChI is InChI=1S/C25H36N2O3/c1-19(2)23(24(28)30-25(3,4)5)27-15-14-26-17-21-12-9-13-22(16-21)29-18-20-10-7-6-8-11-20/h6-13,16,19,23,26-27H,14-15,17-18H2,1-5H3. The summed E-state index contributed by atoms with van der Waals surface area (Å²) in [5, 5.41) is 6.73. The fraction of sp³-hybridized carbons (Fsp3) is 0.480. The fourth-order valence-corrected chi connectivity index (χ4v) is 2.99. The summed E-state index contributed by atoms with van der Waals surface area (Å²) in [6, 6.07) is 17.9. The molecule has 1 unspecified atom stereocenters. The van der Waals surface area contributed by atoms with E-state index < -0.39 is 5.60 Å². The second-order valence-electron chi connectivity index (χ2n) is 8.81. The molecule has 2 aromatic rings. The number of benzene rings is 2. The minimum atomic E-state index is -0.474. The van der Waals surface area contributed by atoms with Crippen molar-refractivity contribution >= 4 is 5.97 Å². The summed E-state index contributed by atoms with van der Waals surface area (Å²) in [4.78, 5) is 12.4. The van der Waals surface area contributed by atoms with Crippen LogP contribution in [0, 0.1) is 5.92 Å². The van der Waals surface area contributed by atoms with Gasteiger partial charge in [0.15, 0.2) is 0 Å². The summed E-state index contributed by atoms with van der Waals surface area (Å²) in [5.74, 6) is 0.833. The van der Waals surface area contributed by atoms with E-state index in [0.717, 1.165) is 30.0 Å². The Bertz CT molecular complexity index is 769. The van der Waals surface area contributed by atoms with Crippen LogP contribution in [0.1, 0.15) is 45.7 Å². The van der Waals surface area contributed by atoms with Crippen LogP contribution >= 0.6 is 0 Å². The summed E-state index contributed by atoms with van der Waals surface area (Å²) >= 11 is 0. The number of nitrogens with one attached hydrogen (secondary N) is 2. The number of rotatable bonds is 11. The van der Waals surface area contributed by atoms with Crippen LogP contribution in [0.15, 0.2) is 54.6 Å². The van der Waals surface area contributed by atoms with Crippen molar-refractivity contribution in [3.63, 3.8) is 0 Å². The van der Waals surface area contributed by atoms with Crippen molar-refractivity contribution in [1.29, 1.82) is 0 Å². The molecule has 0 saturated carbocycles. The molecular formula is C25H36N2O3. The average Bonchev–Trinajstić information content (AvgIpc) is 2.68. The van der Waals surface area contributed by atoms with E-state index >= 15 is 0 Å². The quantitative estimate of drug-likeness (QED) is 0.425. The number of hydrogen-bond acceptors (Lipinski definition) is 5. The van der Waals surface area contributed by atoms with Gasteiger partial charge in [0.2, 0.25) is 0 Å². The molecule has 0 radical (unpaired) electrons.